The van der Waals surface area contributed by atoms with Crippen molar-refractivity contribution < 1.29 is 48.2 Å². The number of hydrogen-bond acceptors (Lipinski definition) is 10. The SMILES string of the molecule is C=CC(=O)OCC(O)COC(C)COc1ccc(C(C)(C)c2ccc(OC(C)C(C)OCC(O)COC(=O)C=C)cc2)cc1. The van der Waals surface area contributed by atoms with Crippen LogP contribution in [0, 0.1) is 0 Å². The summed E-state index contributed by atoms with van der Waals surface area (Å²) in [5, 5.41) is 19.8. The number of benzene rings is 2. The summed E-state index contributed by atoms with van der Waals surface area (Å²) in [6, 6.07) is 15.8. The maximum Gasteiger partial charge on any atom is 0.330 e. The van der Waals surface area contributed by atoms with Gasteiger partial charge in [0.05, 0.1) is 25.4 Å². The summed E-state index contributed by atoms with van der Waals surface area (Å²) in [5.74, 6) is 0.196. The molecule has 0 aromatic heterocycles. The van der Waals surface area contributed by atoms with Crippen LogP contribution in [0.25, 0.3) is 0 Å². The highest BCUT2D eigenvalue weighted by Crippen LogP contribution is 2.33. The minimum Gasteiger partial charge on any atom is -0.491 e. The van der Waals surface area contributed by atoms with Crippen LogP contribution in [-0.4, -0.2) is 85.7 Å². The van der Waals surface area contributed by atoms with Crippen LogP contribution in [0.2, 0.25) is 0 Å². The fraction of sp³-hybridized carbons (Fsp3) is 0.471. The Labute approximate surface area is 260 Å². The minimum atomic E-state index is -0.943. The first kappa shape index (κ1) is 36.5. The Hall–Kier alpha value is -3.70. The Morgan fingerprint density at radius 3 is 1.64 bits per heavy atom. The van der Waals surface area contributed by atoms with E-state index in [1.807, 2.05) is 69.3 Å². The first-order valence-electron chi connectivity index (χ1n) is 14.5. The molecule has 0 aliphatic heterocycles. The first-order chi connectivity index (χ1) is 20.8. The smallest absolute Gasteiger partial charge is 0.330 e. The average molecular weight is 615 g/mol. The number of aliphatic hydroxyl groups is 2. The minimum absolute atomic E-state index is 0.00375. The van der Waals surface area contributed by atoms with E-state index in [1.54, 1.807) is 0 Å². The molecule has 2 rings (SSSR count). The van der Waals surface area contributed by atoms with Crippen molar-refractivity contribution in [3.63, 3.8) is 0 Å². The van der Waals surface area contributed by atoms with Crippen molar-refractivity contribution in [1.29, 1.82) is 0 Å². The van der Waals surface area contributed by atoms with E-state index in [0.717, 1.165) is 23.3 Å². The van der Waals surface area contributed by atoms with E-state index in [4.69, 9.17) is 28.4 Å². The van der Waals surface area contributed by atoms with Crippen LogP contribution in [0.5, 0.6) is 11.5 Å². The van der Waals surface area contributed by atoms with Crippen molar-refractivity contribution in [2.45, 2.75) is 70.6 Å². The van der Waals surface area contributed by atoms with Crippen molar-refractivity contribution in [2.24, 2.45) is 0 Å². The highest BCUT2D eigenvalue weighted by Gasteiger charge is 2.24. The summed E-state index contributed by atoms with van der Waals surface area (Å²) in [6.07, 6.45) is -0.683. The zero-order valence-corrected chi connectivity index (χ0v) is 26.3. The van der Waals surface area contributed by atoms with Gasteiger partial charge in [0.25, 0.3) is 0 Å². The second-order valence-corrected chi connectivity index (χ2v) is 11.0. The van der Waals surface area contributed by atoms with Gasteiger partial charge in [0, 0.05) is 17.6 Å². The van der Waals surface area contributed by atoms with Crippen molar-refractivity contribution in [3.05, 3.63) is 85.0 Å². The molecule has 0 saturated carbocycles. The quantitative estimate of drug-likeness (QED) is 0.166. The largest absolute Gasteiger partial charge is 0.491 e. The number of rotatable bonds is 20. The molecule has 0 spiro atoms. The molecule has 0 fully saturated rings. The van der Waals surface area contributed by atoms with E-state index in [9.17, 15) is 19.8 Å². The van der Waals surface area contributed by atoms with Gasteiger partial charge in [-0.2, -0.15) is 0 Å². The lowest BCUT2D eigenvalue weighted by atomic mass is 9.78. The number of esters is 2. The zero-order valence-electron chi connectivity index (χ0n) is 26.3. The third-order valence-corrected chi connectivity index (χ3v) is 6.91. The fourth-order valence-electron chi connectivity index (χ4n) is 3.90. The van der Waals surface area contributed by atoms with Gasteiger partial charge in [-0.3, -0.25) is 0 Å². The topological polar surface area (TPSA) is 130 Å². The second kappa shape index (κ2) is 18.2. The van der Waals surface area contributed by atoms with Gasteiger partial charge in [0.15, 0.2) is 0 Å². The molecule has 242 valence electrons. The highest BCUT2D eigenvalue weighted by atomic mass is 16.6. The van der Waals surface area contributed by atoms with Crippen LogP contribution in [0.1, 0.15) is 45.7 Å². The molecule has 0 aliphatic rings. The van der Waals surface area contributed by atoms with Gasteiger partial charge in [0.2, 0.25) is 0 Å². The molecule has 10 heteroatoms. The molecule has 10 nitrogen and oxygen atoms in total. The summed E-state index contributed by atoms with van der Waals surface area (Å²) < 4.78 is 32.8. The van der Waals surface area contributed by atoms with Gasteiger partial charge in [-0.05, 0) is 56.2 Å². The van der Waals surface area contributed by atoms with Crippen molar-refractivity contribution in [2.75, 3.05) is 33.0 Å². The number of carbonyl (C=O) groups excluding carboxylic acids is 2. The summed E-state index contributed by atoms with van der Waals surface area (Å²) >= 11 is 0. The standard InChI is InChI=1S/C34H46O10/c1-8-32(37)42-21-28(35)19-39-23(3)18-41-30-14-10-26(11-15-30)34(6,7)27-12-16-31(17-13-27)44-25(5)24(4)40-20-29(36)22-43-33(38)9-2/h8-17,23-25,28-29,35-36H,1-2,18-22H2,3-7H3. The maximum atomic E-state index is 11.1. The molecule has 0 radical (unpaired) electrons. The van der Waals surface area contributed by atoms with E-state index < -0.39 is 24.1 Å². The number of hydrogen-bond donors (Lipinski definition) is 2. The van der Waals surface area contributed by atoms with Crippen LogP contribution in [0.3, 0.4) is 0 Å². The molecule has 0 heterocycles. The van der Waals surface area contributed by atoms with Gasteiger partial charge in [-0.15, -0.1) is 0 Å². The Balaban J connectivity index is 1.83. The number of aliphatic hydroxyl groups excluding tert-OH is 2. The van der Waals surface area contributed by atoms with E-state index in [-0.39, 0.29) is 56.8 Å². The molecule has 2 N–H and O–H groups in total. The summed E-state index contributed by atoms with van der Waals surface area (Å²) in [6.45, 7) is 16.4. The number of ether oxygens (including phenoxy) is 6. The molecule has 5 unspecified atom stereocenters. The lowest BCUT2D eigenvalue weighted by Gasteiger charge is -2.27. The first-order valence-corrected chi connectivity index (χ1v) is 14.5. The molecule has 0 aliphatic carbocycles. The molecule has 44 heavy (non-hydrogen) atoms. The molecule has 0 amide bonds. The Morgan fingerprint density at radius 1 is 0.705 bits per heavy atom. The van der Waals surface area contributed by atoms with Crippen LogP contribution >= 0.6 is 0 Å². The van der Waals surface area contributed by atoms with Crippen LogP contribution in [-0.2, 0) is 34.0 Å². The van der Waals surface area contributed by atoms with Crippen molar-refractivity contribution >= 4 is 11.9 Å². The Kier molecular flexibility index (Phi) is 15.1. The molecule has 0 bridgehead atoms. The van der Waals surface area contributed by atoms with Crippen LogP contribution in [0.4, 0.5) is 0 Å². The molecular formula is C34H46O10. The predicted octanol–water partition coefficient (Wildman–Crippen LogP) is 4.15. The van der Waals surface area contributed by atoms with E-state index >= 15 is 0 Å². The van der Waals surface area contributed by atoms with Gasteiger partial charge in [-0.1, -0.05) is 51.3 Å². The summed E-state index contributed by atoms with van der Waals surface area (Å²) in [4.78, 5) is 22.2. The van der Waals surface area contributed by atoms with Crippen molar-refractivity contribution in [3.8, 4) is 11.5 Å². The fourth-order valence-corrected chi connectivity index (χ4v) is 3.90. The van der Waals surface area contributed by atoms with Crippen LogP contribution < -0.4 is 9.47 Å². The van der Waals surface area contributed by atoms with Crippen molar-refractivity contribution in [1.82, 2.24) is 0 Å². The lowest BCUT2D eigenvalue weighted by molar-refractivity contribution is -0.143. The average Bonchev–Trinajstić information content (AvgIpc) is 3.03. The second-order valence-electron chi connectivity index (χ2n) is 11.0. The maximum absolute atomic E-state index is 11.1. The monoisotopic (exact) mass is 614 g/mol. The van der Waals surface area contributed by atoms with E-state index in [0.29, 0.717) is 11.5 Å². The Morgan fingerprint density at radius 2 is 1.16 bits per heavy atom. The summed E-state index contributed by atoms with van der Waals surface area (Å²) in [5.41, 5.74) is 1.92. The van der Waals surface area contributed by atoms with Gasteiger partial charge in [-0.25, -0.2) is 9.59 Å². The van der Waals surface area contributed by atoms with Gasteiger partial charge < -0.3 is 38.6 Å². The molecular weight excluding hydrogens is 568 g/mol. The third kappa shape index (κ3) is 12.5. The molecule has 0 saturated heterocycles. The molecule has 5 atom stereocenters. The summed E-state index contributed by atoms with van der Waals surface area (Å²) in [7, 11) is 0. The Bertz CT molecular complexity index is 1180. The van der Waals surface area contributed by atoms with Crippen LogP contribution in [0.15, 0.2) is 73.8 Å². The van der Waals surface area contributed by atoms with E-state index in [1.165, 1.54) is 0 Å². The molecule has 2 aromatic carbocycles. The molecule has 2 aromatic rings. The number of carbonyl (C=O) groups is 2. The normalized spacial score (nSPS) is 14.8. The lowest BCUT2D eigenvalue weighted by Crippen LogP contribution is -2.33. The third-order valence-electron chi connectivity index (χ3n) is 6.91. The zero-order chi connectivity index (χ0) is 32.7. The highest BCUT2D eigenvalue weighted by molar-refractivity contribution is 5.81. The van der Waals surface area contributed by atoms with E-state index in [2.05, 4.69) is 27.0 Å². The van der Waals surface area contributed by atoms with Gasteiger partial charge in [0.1, 0.15) is 49.6 Å². The predicted molar refractivity (Wildman–Crippen MR) is 166 cm³/mol. The van der Waals surface area contributed by atoms with Gasteiger partial charge >= 0.3 is 11.9 Å².